The Balaban J connectivity index is 1.85. The van der Waals surface area contributed by atoms with Crippen LogP contribution in [0.25, 0.3) is 0 Å². The highest BCUT2D eigenvalue weighted by Gasteiger charge is 2.47. The molecule has 0 bridgehead atoms. The molecule has 45 heavy (non-hydrogen) atoms. The number of hydrogen-bond donors (Lipinski definition) is 0. The number of allylic oxidation sites excluding steroid dienone is 2. The predicted octanol–water partition coefficient (Wildman–Crippen LogP) is 8.61. The highest BCUT2D eigenvalue weighted by atomic mass is 28.4. The normalized spacial score (nSPS) is 30.0. The van der Waals surface area contributed by atoms with E-state index in [0.717, 1.165) is 19.3 Å². The van der Waals surface area contributed by atoms with Gasteiger partial charge in [0.2, 0.25) is 0 Å². The predicted molar refractivity (Wildman–Crippen MR) is 186 cm³/mol. The molecular weight excluding hydrogens is 601 g/mol. The van der Waals surface area contributed by atoms with Gasteiger partial charge in [-0.05, 0) is 80.4 Å². The van der Waals surface area contributed by atoms with Crippen LogP contribution in [0.15, 0.2) is 23.8 Å². The number of methoxy groups -OCH3 is 1. The fourth-order valence-electron chi connectivity index (χ4n) is 6.41. The molecule has 7 nitrogen and oxygen atoms in total. The van der Waals surface area contributed by atoms with E-state index in [1.165, 1.54) is 5.57 Å². The third-order valence-electron chi connectivity index (χ3n) is 11.2. The second-order valence-electron chi connectivity index (χ2n) is 17.6. The minimum absolute atomic E-state index is 0.0464. The average Bonchev–Trinajstić information content (AvgIpc) is 2.86. The zero-order chi connectivity index (χ0) is 34.2. The van der Waals surface area contributed by atoms with E-state index < -0.39 is 22.0 Å². The van der Waals surface area contributed by atoms with Crippen molar-refractivity contribution in [2.24, 2.45) is 23.2 Å². The molecule has 0 spiro atoms. The summed E-state index contributed by atoms with van der Waals surface area (Å²) in [6.07, 6.45) is 9.39. The Labute approximate surface area is 276 Å². The Morgan fingerprint density at radius 3 is 2.11 bits per heavy atom. The van der Waals surface area contributed by atoms with Crippen molar-refractivity contribution in [3.63, 3.8) is 0 Å². The third-order valence-corrected chi connectivity index (χ3v) is 20.3. The van der Waals surface area contributed by atoms with Crippen LogP contribution >= 0.6 is 0 Å². The monoisotopic (exact) mass is 664 g/mol. The van der Waals surface area contributed by atoms with Crippen LogP contribution < -0.4 is 0 Å². The maximum atomic E-state index is 13.6. The molecule has 0 aromatic carbocycles. The van der Waals surface area contributed by atoms with Crippen molar-refractivity contribution in [2.75, 3.05) is 13.7 Å². The van der Waals surface area contributed by atoms with Crippen LogP contribution in [0, 0.1) is 23.2 Å². The van der Waals surface area contributed by atoms with Crippen molar-refractivity contribution in [3.8, 4) is 0 Å². The number of hydrogen-bond acceptors (Lipinski definition) is 7. The van der Waals surface area contributed by atoms with Crippen LogP contribution in [0.2, 0.25) is 36.3 Å². The Morgan fingerprint density at radius 1 is 0.933 bits per heavy atom. The summed E-state index contributed by atoms with van der Waals surface area (Å²) in [4.78, 5) is 26.3. The van der Waals surface area contributed by atoms with Crippen LogP contribution in [-0.2, 0) is 32.7 Å². The molecule has 5 unspecified atom stereocenters. The maximum Gasteiger partial charge on any atom is 0.314 e. The SMILES string of the molecule is COCC(C)(C)C(=O)OC1CC(O[Si](C)(C)C(C)(C)C)C=C2C=CC(C)C(CC[C@@H]3C[C@@H](O[Si](C)(C)C(C)(C)C)CC(=O)O3)C21. The first kappa shape index (κ1) is 38.2. The first-order valence-electron chi connectivity index (χ1n) is 17.1. The second kappa shape index (κ2) is 14.1. The molecule has 0 amide bonds. The van der Waals surface area contributed by atoms with E-state index in [-0.39, 0.29) is 64.2 Å². The van der Waals surface area contributed by atoms with Crippen LogP contribution in [0.1, 0.15) is 94.4 Å². The molecule has 0 N–H and O–H groups in total. The van der Waals surface area contributed by atoms with Crippen LogP contribution in [0.3, 0.4) is 0 Å². The van der Waals surface area contributed by atoms with Gasteiger partial charge >= 0.3 is 11.9 Å². The van der Waals surface area contributed by atoms with E-state index in [4.69, 9.17) is 23.1 Å². The first-order chi connectivity index (χ1) is 20.5. The standard InChI is InChI=1S/C36H64O7Si2/c1-24-15-16-25-19-27(42-44(11,12)34(2,3)4)21-30(41-33(38)36(8,9)23-39-10)32(25)29(24)18-17-26-20-28(22-31(37)40-26)43-45(13,14)35(5,6)7/h15-16,19,24,26-30,32H,17-18,20-23H2,1-14H3/t24?,26-,27?,28-,29?,30?,32?/m1/s1. The quantitative estimate of drug-likeness (QED) is 0.162. The summed E-state index contributed by atoms with van der Waals surface area (Å²) >= 11 is 0. The summed E-state index contributed by atoms with van der Waals surface area (Å²) in [5, 5.41) is 0.145. The van der Waals surface area contributed by atoms with Gasteiger partial charge in [0.05, 0.1) is 30.7 Å². The molecule has 9 heteroatoms. The molecule has 3 aliphatic rings. The largest absolute Gasteiger partial charge is 0.462 e. The van der Waals surface area contributed by atoms with Gasteiger partial charge in [0.15, 0.2) is 16.6 Å². The van der Waals surface area contributed by atoms with Crippen molar-refractivity contribution < 1.29 is 32.7 Å². The van der Waals surface area contributed by atoms with Crippen molar-refractivity contribution in [3.05, 3.63) is 23.8 Å². The van der Waals surface area contributed by atoms with Crippen LogP contribution in [-0.4, -0.2) is 66.7 Å². The summed E-state index contributed by atoms with van der Waals surface area (Å²) < 4.78 is 31.3. The lowest BCUT2D eigenvalue weighted by Gasteiger charge is -2.46. The van der Waals surface area contributed by atoms with Gasteiger partial charge in [-0.15, -0.1) is 0 Å². The molecule has 0 aromatic rings. The van der Waals surface area contributed by atoms with Crippen molar-refractivity contribution >= 4 is 28.6 Å². The molecule has 0 saturated carbocycles. The lowest BCUT2D eigenvalue weighted by atomic mass is 9.66. The first-order valence-corrected chi connectivity index (χ1v) is 22.9. The van der Waals surface area contributed by atoms with Gasteiger partial charge in [0, 0.05) is 25.9 Å². The van der Waals surface area contributed by atoms with E-state index >= 15 is 0 Å². The Kier molecular flexibility index (Phi) is 11.9. The van der Waals surface area contributed by atoms with Gasteiger partial charge in [0.1, 0.15) is 12.2 Å². The summed E-state index contributed by atoms with van der Waals surface area (Å²) in [6, 6.07) is 0. The molecule has 7 atom stereocenters. The van der Waals surface area contributed by atoms with E-state index in [1.807, 2.05) is 13.8 Å². The highest BCUT2D eigenvalue weighted by Crippen LogP contribution is 2.47. The summed E-state index contributed by atoms with van der Waals surface area (Å²) in [7, 11) is -2.46. The van der Waals surface area contributed by atoms with E-state index in [0.29, 0.717) is 19.4 Å². The van der Waals surface area contributed by atoms with Gasteiger partial charge in [-0.1, -0.05) is 66.7 Å². The number of carbonyl (C=O) groups is 2. The van der Waals surface area contributed by atoms with Gasteiger partial charge in [-0.3, -0.25) is 9.59 Å². The Morgan fingerprint density at radius 2 is 1.53 bits per heavy atom. The van der Waals surface area contributed by atoms with Crippen molar-refractivity contribution in [1.29, 1.82) is 0 Å². The van der Waals surface area contributed by atoms with Gasteiger partial charge in [0.25, 0.3) is 0 Å². The molecule has 1 aliphatic heterocycles. The maximum absolute atomic E-state index is 13.6. The lowest BCUT2D eigenvalue weighted by Crippen LogP contribution is -2.49. The smallest absolute Gasteiger partial charge is 0.314 e. The lowest BCUT2D eigenvalue weighted by molar-refractivity contribution is -0.168. The zero-order valence-electron chi connectivity index (χ0n) is 30.9. The minimum Gasteiger partial charge on any atom is -0.462 e. The molecule has 1 saturated heterocycles. The number of esters is 2. The number of carbonyl (C=O) groups excluding carboxylic acids is 2. The highest BCUT2D eigenvalue weighted by molar-refractivity contribution is 6.74. The molecule has 258 valence electrons. The third kappa shape index (κ3) is 9.43. The van der Waals surface area contributed by atoms with Gasteiger partial charge in [-0.25, -0.2) is 0 Å². The van der Waals surface area contributed by atoms with Crippen molar-refractivity contribution in [1.82, 2.24) is 0 Å². The molecular formula is C36H64O7Si2. The second-order valence-corrected chi connectivity index (χ2v) is 27.1. The molecule has 0 aromatic heterocycles. The molecule has 0 radical (unpaired) electrons. The topological polar surface area (TPSA) is 80.3 Å². The minimum atomic E-state index is -2.06. The Bertz CT molecular complexity index is 1110. The molecule has 2 aliphatic carbocycles. The number of ether oxygens (including phenoxy) is 3. The number of fused-ring (bicyclic) bond motifs is 1. The van der Waals surface area contributed by atoms with E-state index in [9.17, 15) is 9.59 Å². The number of cyclic esters (lactones) is 1. The summed E-state index contributed by atoms with van der Waals surface area (Å²) in [5.74, 6) is 0.165. The fourth-order valence-corrected chi connectivity index (χ4v) is 9.05. The summed E-state index contributed by atoms with van der Waals surface area (Å²) in [6.45, 7) is 28.8. The summed E-state index contributed by atoms with van der Waals surface area (Å²) in [5.41, 5.74) is 0.433. The number of rotatable bonds is 11. The van der Waals surface area contributed by atoms with Crippen LogP contribution in [0.5, 0.6) is 0 Å². The van der Waals surface area contributed by atoms with Gasteiger partial charge in [-0.2, -0.15) is 0 Å². The molecule has 1 heterocycles. The zero-order valence-corrected chi connectivity index (χ0v) is 32.9. The van der Waals surface area contributed by atoms with E-state index in [1.54, 1.807) is 7.11 Å². The molecule has 3 rings (SSSR count). The van der Waals surface area contributed by atoms with Crippen LogP contribution in [0.4, 0.5) is 0 Å². The van der Waals surface area contributed by atoms with Gasteiger partial charge < -0.3 is 23.1 Å². The van der Waals surface area contributed by atoms with Crippen molar-refractivity contribution in [2.45, 2.75) is 155 Å². The molecule has 1 fully saturated rings. The average molecular weight is 665 g/mol. The van der Waals surface area contributed by atoms with E-state index in [2.05, 4.69) is 92.9 Å². The Hall–Kier alpha value is -1.27. The fraction of sp³-hybridized carbons (Fsp3) is 0.833.